The summed E-state index contributed by atoms with van der Waals surface area (Å²) in [6.45, 7) is 2.41. The minimum atomic E-state index is -0.769. The Morgan fingerprint density at radius 1 is 1.22 bits per heavy atom. The van der Waals surface area contributed by atoms with Gasteiger partial charge in [0.1, 0.15) is 6.04 Å². The molecule has 0 spiro atoms. The molecule has 0 aromatic carbocycles. The van der Waals surface area contributed by atoms with Crippen molar-refractivity contribution < 1.29 is 19.4 Å². The molecule has 0 aliphatic carbocycles. The number of hydrogen-bond donors (Lipinski definition) is 2. The lowest BCUT2D eigenvalue weighted by Gasteiger charge is -2.22. The van der Waals surface area contributed by atoms with Crippen LogP contribution in [0.4, 0.5) is 4.79 Å². The first-order valence-electron chi connectivity index (χ1n) is 6.44. The Kier molecular flexibility index (Phi) is 6.49. The van der Waals surface area contributed by atoms with E-state index in [1.165, 1.54) is 18.4 Å². The highest BCUT2D eigenvalue weighted by atomic mass is 16.5. The van der Waals surface area contributed by atoms with Crippen LogP contribution in [-0.4, -0.2) is 54.9 Å². The molecule has 0 aromatic rings. The number of esters is 1. The maximum absolute atomic E-state index is 10.7. The molecule has 2 rings (SSSR count). The van der Waals surface area contributed by atoms with Gasteiger partial charge >= 0.3 is 12.1 Å². The maximum Gasteiger partial charge on any atom is 0.407 e. The standard InChI is InChI=1S/2C6H11NO2/c1-9-6(8)5-3-2-4-7-5;8-6(9)7-4-2-1-3-5-7/h5,7H,2-4H2,1H3;1-5H2,(H,8,9). The molecule has 0 aromatic heterocycles. The Hall–Kier alpha value is -1.30. The lowest BCUT2D eigenvalue weighted by Crippen LogP contribution is -2.34. The third-order valence-electron chi connectivity index (χ3n) is 3.17. The van der Waals surface area contributed by atoms with E-state index in [0.717, 1.165) is 45.3 Å². The largest absolute Gasteiger partial charge is 0.468 e. The van der Waals surface area contributed by atoms with Crippen LogP contribution in [0.1, 0.15) is 32.1 Å². The third-order valence-corrected chi connectivity index (χ3v) is 3.17. The van der Waals surface area contributed by atoms with Crippen molar-refractivity contribution in [3.05, 3.63) is 0 Å². The zero-order chi connectivity index (χ0) is 13.4. The second-order valence-electron chi connectivity index (χ2n) is 4.50. The van der Waals surface area contributed by atoms with E-state index in [-0.39, 0.29) is 12.0 Å². The second kappa shape index (κ2) is 7.92. The minimum Gasteiger partial charge on any atom is -0.468 e. The fourth-order valence-corrected chi connectivity index (χ4v) is 2.11. The van der Waals surface area contributed by atoms with Crippen molar-refractivity contribution in [3.63, 3.8) is 0 Å². The van der Waals surface area contributed by atoms with Gasteiger partial charge in [0, 0.05) is 13.1 Å². The van der Waals surface area contributed by atoms with Crippen LogP contribution in [0.25, 0.3) is 0 Å². The van der Waals surface area contributed by atoms with Crippen molar-refractivity contribution in [2.24, 2.45) is 0 Å². The third kappa shape index (κ3) is 4.91. The minimum absolute atomic E-state index is 0.0324. The monoisotopic (exact) mass is 258 g/mol. The van der Waals surface area contributed by atoms with Crippen molar-refractivity contribution in [1.82, 2.24) is 10.2 Å². The van der Waals surface area contributed by atoms with Crippen molar-refractivity contribution in [2.75, 3.05) is 26.7 Å². The Morgan fingerprint density at radius 2 is 1.89 bits per heavy atom. The Bertz CT molecular complexity index is 271. The van der Waals surface area contributed by atoms with E-state index >= 15 is 0 Å². The van der Waals surface area contributed by atoms with Gasteiger partial charge < -0.3 is 20.1 Å². The van der Waals surface area contributed by atoms with E-state index < -0.39 is 6.09 Å². The smallest absolute Gasteiger partial charge is 0.407 e. The number of likely N-dealkylation sites (tertiary alicyclic amines) is 1. The first kappa shape index (κ1) is 14.8. The molecule has 2 N–H and O–H groups in total. The molecule has 2 heterocycles. The molecule has 1 unspecified atom stereocenters. The van der Waals surface area contributed by atoms with Crippen molar-refractivity contribution in [3.8, 4) is 0 Å². The van der Waals surface area contributed by atoms with Gasteiger partial charge in [0.25, 0.3) is 0 Å². The molecule has 6 heteroatoms. The van der Waals surface area contributed by atoms with Crippen LogP contribution in [-0.2, 0) is 9.53 Å². The van der Waals surface area contributed by atoms with Crippen LogP contribution >= 0.6 is 0 Å². The summed E-state index contributed by atoms with van der Waals surface area (Å²) in [4.78, 5) is 22.5. The average Bonchev–Trinajstić information content (AvgIpc) is 2.93. The normalized spacial score (nSPS) is 22.9. The molecule has 6 nitrogen and oxygen atoms in total. The molecule has 0 saturated carbocycles. The molecular formula is C12H22N2O4. The summed E-state index contributed by atoms with van der Waals surface area (Å²) in [5, 5.41) is 11.5. The fourth-order valence-electron chi connectivity index (χ4n) is 2.11. The van der Waals surface area contributed by atoms with Crippen LogP contribution in [0.2, 0.25) is 0 Å². The van der Waals surface area contributed by atoms with Gasteiger partial charge in [0.2, 0.25) is 0 Å². The van der Waals surface area contributed by atoms with Crippen LogP contribution in [0.5, 0.6) is 0 Å². The van der Waals surface area contributed by atoms with Crippen LogP contribution in [0.15, 0.2) is 0 Å². The van der Waals surface area contributed by atoms with E-state index in [4.69, 9.17) is 5.11 Å². The van der Waals surface area contributed by atoms with Gasteiger partial charge in [-0.2, -0.15) is 0 Å². The Morgan fingerprint density at radius 3 is 2.28 bits per heavy atom. The summed E-state index contributed by atoms with van der Waals surface area (Å²) in [6, 6.07) is -0.0324. The van der Waals surface area contributed by atoms with E-state index in [9.17, 15) is 9.59 Å². The SMILES string of the molecule is COC(=O)C1CCCN1.O=C(O)N1CCCCC1. The number of ether oxygens (including phenoxy) is 1. The number of carboxylic acid groups (broad SMARTS) is 1. The fraction of sp³-hybridized carbons (Fsp3) is 0.833. The Labute approximate surface area is 107 Å². The van der Waals surface area contributed by atoms with E-state index in [1.807, 2.05) is 0 Å². The molecule has 2 aliphatic rings. The quantitative estimate of drug-likeness (QED) is 0.688. The lowest BCUT2D eigenvalue weighted by atomic mass is 10.1. The summed E-state index contributed by atoms with van der Waals surface area (Å²) in [7, 11) is 1.42. The lowest BCUT2D eigenvalue weighted by molar-refractivity contribution is -0.142. The highest BCUT2D eigenvalue weighted by Crippen LogP contribution is 2.07. The zero-order valence-corrected chi connectivity index (χ0v) is 10.9. The van der Waals surface area contributed by atoms with Crippen LogP contribution in [0, 0.1) is 0 Å². The number of nitrogens with zero attached hydrogens (tertiary/aromatic N) is 1. The molecule has 2 aliphatic heterocycles. The number of amides is 1. The maximum atomic E-state index is 10.7. The van der Waals surface area contributed by atoms with Gasteiger partial charge in [-0.25, -0.2) is 4.79 Å². The number of carbonyl (C=O) groups is 2. The molecule has 1 amide bonds. The molecule has 0 bridgehead atoms. The zero-order valence-electron chi connectivity index (χ0n) is 10.9. The van der Waals surface area contributed by atoms with Crippen LogP contribution in [0.3, 0.4) is 0 Å². The van der Waals surface area contributed by atoms with Gasteiger partial charge in [-0.05, 0) is 38.6 Å². The second-order valence-corrected chi connectivity index (χ2v) is 4.50. The van der Waals surface area contributed by atoms with Gasteiger partial charge in [0.15, 0.2) is 0 Å². The highest BCUT2D eigenvalue weighted by Gasteiger charge is 2.21. The summed E-state index contributed by atoms with van der Waals surface area (Å²) in [6.07, 6.45) is 4.49. The van der Waals surface area contributed by atoms with Gasteiger partial charge in [0.05, 0.1) is 7.11 Å². The highest BCUT2D eigenvalue weighted by molar-refractivity contribution is 5.75. The predicted octanol–water partition coefficient (Wildman–Crippen LogP) is 1.06. The average molecular weight is 258 g/mol. The first-order valence-corrected chi connectivity index (χ1v) is 6.44. The Balaban J connectivity index is 0.000000180. The number of rotatable bonds is 1. The van der Waals surface area contributed by atoms with E-state index in [0.29, 0.717) is 0 Å². The molecule has 0 radical (unpaired) electrons. The molecule has 1 atom stereocenters. The summed E-state index contributed by atoms with van der Waals surface area (Å²) in [5.41, 5.74) is 0. The van der Waals surface area contributed by atoms with Crippen molar-refractivity contribution in [1.29, 1.82) is 0 Å². The van der Waals surface area contributed by atoms with Crippen molar-refractivity contribution >= 4 is 12.1 Å². The first-order chi connectivity index (χ1) is 8.65. The van der Waals surface area contributed by atoms with Gasteiger partial charge in [-0.15, -0.1) is 0 Å². The summed E-state index contributed by atoms with van der Waals surface area (Å²) in [5.74, 6) is -0.132. The number of carbonyl (C=O) groups excluding carboxylic acids is 1. The van der Waals surface area contributed by atoms with Crippen molar-refractivity contribution in [2.45, 2.75) is 38.1 Å². The molecule has 104 valence electrons. The molecule has 2 saturated heterocycles. The van der Waals surface area contributed by atoms with E-state index in [1.54, 1.807) is 0 Å². The molecule has 2 fully saturated rings. The summed E-state index contributed by atoms with van der Waals surface area (Å²) >= 11 is 0. The molecular weight excluding hydrogens is 236 g/mol. The van der Waals surface area contributed by atoms with Gasteiger partial charge in [-0.3, -0.25) is 4.79 Å². The molecule has 18 heavy (non-hydrogen) atoms. The number of piperidine rings is 1. The van der Waals surface area contributed by atoms with Crippen LogP contribution < -0.4 is 5.32 Å². The topological polar surface area (TPSA) is 78.9 Å². The predicted molar refractivity (Wildman–Crippen MR) is 66.5 cm³/mol. The number of nitrogens with one attached hydrogen (secondary N) is 1. The van der Waals surface area contributed by atoms with E-state index in [2.05, 4.69) is 10.1 Å². The van der Waals surface area contributed by atoms with Gasteiger partial charge in [-0.1, -0.05) is 0 Å². The number of methoxy groups -OCH3 is 1. The summed E-state index contributed by atoms with van der Waals surface area (Å²) < 4.78 is 4.53. The number of hydrogen-bond acceptors (Lipinski definition) is 4.